The van der Waals surface area contributed by atoms with Crippen molar-refractivity contribution in [3.8, 4) is 0 Å². The van der Waals surface area contributed by atoms with E-state index in [1.165, 1.54) is 13.5 Å². The first-order valence-corrected chi connectivity index (χ1v) is 8.96. The van der Waals surface area contributed by atoms with Crippen LogP contribution in [0, 0.1) is 17.8 Å². The summed E-state index contributed by atoms with van der Waals surface area (Å²) < 4.78 is 16.1. The zero-order chi connectivity index (χ0) is 17.7. The van der Waals surface area contributed by atoms with Crippen LogP contribution in [0.5, 0.6) is 0 Å². The Morgan fingerprint density at radius 1 is 1.33 bits per heavy atom. The predicted octanol–water partition coefficient (Wildman–Crippen LogP) is 1.91. The van der Waals surface area contributed by atoms with E-state index in [2.05, 4.69) is 26.1 Å². The van der Waals surface area contributed by atoms with E-state index in [4.69, 9.17) is 14.2 Å². The summed E-state index contributed by atoms with van der Waals surface area (Å²) in [4.78, 5) is 24.3. The molecule has 1 N–H and O–H groups in total. The largest absolute Gasteiger partial charge is 0.467 e. The molecule has 0 aromatic heterocycles. The van der Waals surface area contributed by atoms with Gasteiger partial charge in [-0.1, -0.05) is 27.2 Å². The Bertz CT molecular complexity index is 445. The van der Waals surface area contributed by atoms with Crippen LogP contribution in [0.25, 0.3) is 0 Å². The molecule has 4 atom stereocenters. The third-order valence-electron chi connectivity index (χ3n) is 5.37. The summed E-state index contributed by atoms with van der Waals surface area (Å²) in [5.41, 5.74) is -1.06. The van der Waals surface area contributed by atoms with E-state index >= 15 is 0 Å². The van der Waals surface area contributed by atoms with E-state index in [1.54, 1.807) is 0 Å². The van der Waals surface area contributed by atoms with E-state index < -0.39 is 11.5 Å². The predicted molar refractivity (Wildman–Crippen MR) is 89.4 cm³/mol. The van der Waals surface area contributed by atoms with Crippen molar-refractivity contribution in [2.24, 2.45) is 17.8 Å². The van der Waals surface area contributed by atoms with Crippen LogP contribution in [-0.4, -0.2) is 50.4 Å². The lowest BCUT2D eigenvalue weighted by Crippen LogP contribution is -2.56. The first kappa shape index (κ1) is 19.2. The van der Waals surface area contributed by atoms with Crippen molar-refractivity contribution in [1.29, 1.82) is 0 Å². The standard InChI is InChI=1S/C18H31NO5/c1-12(2)14-6-5-13(3)9-15(14)24-10-16(20)19-18(17(21)22-4)7-8-23-11-18/h12-15H,5-11H2,1-4H3,(H,19,20). The minimum atomic E-state index is -1.06. The monoisotopic (exact) mass is 341 g/mol. The third kappa shape index (κ3) is 4.48. The van der Waals surface area contributed by atoms with Gasteiger partial charge in [-0.2, -0.15) is 0 Å². The number of amides is 1. The molecule has 1 amide bonds. The lowest BCUT2D eigenvalue weighted by Gasteiger charge is -2.37. The second-order valence-corrected chi connectivity index (χ2v) is 7.60. The summed E-state index contributed by atoms with van der Waals surface area (Å²) in [5, 5.41) is 2.77. The molecular weight excluding hydrogens is 310 g/mol. The average Bonchev–Trinajstić information content (AvgIpc) is 3.01. The van der Waals surface area contributed by atoms with Gasteiger partial charge in [0.15, 0.2) is 5.54 Å². The number of carbonyl (C=O) groups is 2. The summed E-state index contributed by atoms with van der Waals surface area (Å²) in [6.07, 6.45) is 3.89. The first-order valence-electron chi connectivity index (χ1n) is 8.96. The quantitative estimate of drug-likeness (QED) is 0.747. The van der Waals surface area contributed by atoms with Gasteiger partial charge in [-0.15, -0.1) is 0 Å². The van der Waals surface area contributed by atoms with Crippen molar-refractivity contribution >= 4 is 11.9 Å². The van der Waals surface area contributed by atoms with Gasteiger partial charge in [0.05, 0.1) is 19.8 Å². The molecule has 2 rings (SSSR count). The average molecular weight is 341 g/mol. The molecule has 24 heavy (non-hydrogen) atoms. The number of ether oxygens (including phenoxy) is 3. The molecule has 1 heterocycles. The number of methoxy groups -OCH3 is 1. The lowest BCUT2D eigenvalue weighted by molar-refractivity contribution is -0.152. The second-order valence-electron chi connectivity index (χ2n) is 7.60. The molecule has 1 aliphatic heterocycles. The van der Waals surface area contributed by atoms with Crippen molar-refractivity contribution in [2.75, 3.05) is 26.9 Å². The van der Waals surface area contributed by atoms with E-state index in [9.17, 15) is 9.59 Å². The van der Waals surface area contributed by atoms with Crippen LogP contribution in [0.3, 0.4) is 0 Å². The van der Waals surface area contributed by atoms with Crippen molar-refractivity contribution in [3.05, 3.63) is 0 Å². The fourth-order valence-electron chi connectivity index (χ4n) is 3.86. The fourth-order valence-corrected chi connectivity index (χ4v) is 3.86. The summed E-state index contributed by atoms with van der Waals surface area (Å²) in [7, 11) is 1.32. The third-order valence-corrected chi connectivity index (χ3v) is 5.37. The number of carbonyl (C=O) groups excluding carboxylic acids is 2. The van der Waals surface area contributed by atoms with Crippen LogP contribution < -0.4 is 5.32 Å². The van der Waals surface area contributed by atoms with Gasteiger partial charge < -0.3 is 19.5 Å². The molecule has 0 aromatic carbocycles. The SMILES string of the molecule is COC(=O)C1(NC(=O)COC2CC(C)CCC2C(C)C)CCOC1. The van der Waals surface area contributed by atoms with Crippen LogP contribution in [0.15, 0.2) is 0 Å². The zero-order valence-electron chi connectivity index (χ0n) is 15.3. The van der Waals surface area contributed by atoms with Crippen LogP contribution >= 0.6 is 0 Å². The van der Waals surface area contributed by atoms with Gasteiger partial charge in [-0.05, 0) is 30.6 Å². The number of esters is 1. The van der Waals surface area contributed by atoms with Crippen molar-refractivity contribution < 1.29 is 23.8 Å². The Morgan fingerprint density at radius 2 is 2.08 bits per heavy atom. The smallest absolute Gasteiger partial charge is 0.334 e. The van der Waals surface area contributed by atoms with Crippen molar-refractivity contribution in [3.63, 3.8) is 0 Å². The van der Waals surface area contributed by atoms with Gasteiger partial charge in [0.25, 0.3) is 0 Å². The molecule has 6 nitrogen and oxygen atoms in total. The molecule has 0 bridgehead atoms. The van der Waals surface area contributed by atoms with Gasteiger partial charge in [0.1, 0.15) is 6.61 Å². The zero-order valence-corrected chi connectivity index (χ0v) is 15.3. The van der Waals surface area contributed by atoms with E-state index in [0.717, 1.165) is 12.8 Å². The molecule has 1 saturated heterocycles. The molecule has 138 valence electrons. The highest BCUT2D eigenvalue weighted by Crippen LogP contribution is 2.35. The molecule has 6 heteroatoms. The minimum Gasteiger partial charge on any atom is -0.467 e. The highest BCUT2D eigenvalue weighted by molar-refractivity contribution is 5.89. The second kappa shape index (κ2) is 8.30. The first-order chi connectivity index (χ1) is 11.4. The summed E-state index contributed by atoms with van der Waals surface area (Å²) >= 11 is 0. The maximum atomic E-state index is 12.3. The molecule has 1 aliphatic carbocycles. The Balaban J connectivity index is 1.90. The van der Waals surface area contributed by atoms with E-state index in [-0.39, 0.29) is 25.2 Å². The maximum absolute atomic E-state index is 12.3. The summed E-state index contributed by atoms with van der Waals surface area (Å²) in [6.45, 7) is 7.21. The Kier molecular flexibility index (Phi) is 6.63. The van der Waals surface area contributed by atoms with Crippen LogP contribution in [0.1, 0.15) is 46.5 Å². The van der Waals surface area contributed by atoms with E-state index in [1.807, 2.05) is 0 Å². The van der Waals surface area contributed by atoms with Crippen LogP contribution in [0.2, 0.25) is 0 Å². The summed E-state index contributed by atoms with van der Waals surface area (Å²) in [6, 6.07) is 0. The van der Waals surface area contributed by atoms with Gasteiger partial charge >= 0.3 is 5.97 Å². The molecule has 0 radical (unpaired) electrons. The lowest BCUT2D eigenvalue weighted by atomic mass is 9.75. The fraction of sp³-hybridized carbons (Fsp3) is 0.889. The summed E-state index contributed by atoms with van der Waals surface area (Å²) in [5.74, 6) is 0.901. The highest BCUT2D eigenvalue weighted by Gasteiger charge is 2.45. The van der Waals surface area contributed by atoms with Crippen molar-refractivity contribution in [1.82, 2.24) is 5.32 Å². The van der Waals surface area contributed by atoms with Gasteiger partial charge in [0, 0.05) is 13.0 Å². The Morgan fingerprint density at radius 3 is 2.67 bits per heavy atom. The van der Waals surface area contributed by atoms with Gasteiger partial charge in [-0.25, -0.2) is 4.79 Å². The number of nitrogens with one attached hydrogen (secondary N) is 1. The van der Waals surface area contributed by atoms with Crippen LogP contribution in [0.4, 0.5) is 0 Å². The maximum Gasteiger partial charge on any atom is 0.334 e. The van der Waals surface area contributed by atoms with Gasteiger partial charge in [-0.3, -0.25) is 4.79 Å². The molecule has 2 aliphatic rings. The van der Waals surface area contributed by atoms with Crippen LogP contribution in [-0.2, 0) is 23.8 Å². The Labute approximate surface area is 144 Å². The number of rotatable bonds is 6. The minimum absolute atomic E-state index is 0.0284. The van der Waals surface area contributed by atoms with Gasteiger partial charge in [0.2, 0.25) is 5.91 Å². The molecule has 1 saturated carbocycles. The number of hydrogen-bond acceptors (Lipinski definition) is 5. The molecule has 4 unspecified atom stereocenters. The number of hydrogen-bond donors (Lipinski definition) is 1. The molecule has 0 spiro atoms. The topological polar surface area (TPSA) is 73.9 Å². The van der Waals surface area contributed by atoms with Crippen molar-refractivity contribution in [2.45, 2.75) is 58.1 Å². The molecule has 0 aromatic rings. The highest BCUT2D eigenvalue weighted by atomic mass is 16.5. The normalized spacial score (nSPS) is 33.5. The Hall–Kier alpha value is -1.14. The molecule has 2 fully saturated rings. The van der Waals surface area contributed by atoms with E-state index in [0.29, 0.717) is 30.8 Å². The molecular formula is C18H31NO5.